The lowest BCUT2D eigenvalue weighted by atomic mass is 10.1. The number of amides is 1. The Bertz CT molecular complexity index is 204. The second kappa shape index (κ2) is 6.56. The molecule has 0 saturated carbocycles. The molecule has 0 fully saturated rings. The molecule has 0 aliphatic heterocycles. The molecule has 0 aromatic rings. The highest BCUT2D eigenvalue weighted by Gasteiger charge is 2.13. The molecule has 0 aliphatic rings. The highest BCUT2D eigenvalue weighted by Crippen LogP contribution is 2.01. The predicted octanol–water partition coefficient (Wildman–Crippen LogP) is 0.201. The molecule has 14 heavy (non-hydrogen) atoms. The average Bonchev–Trinajstić information content (AvgIpc) is 2.15. The van der Waals surface area contributed by atoms with Gasteiger partial charge in [-0.1, -0.05) is 13.5 Å². The van der Waals surface area contributed by atoms with Crippen molar-refractivity contribution in [1.82, 2.24) is 5.32 Å². The summed E-state index contributed by atoms with van der Waals surface area (Å²) in [6, 6.07) is 0. The second-order valence-electron chi connectivity index (χ2n) is 3.37. The number of nitrogens with one attached hydrogen (secondary N) is 1. The van der Waals surface area contributed by atoms with E-state index in [9.17, 15) is 15.0 Å². The first-order chi connectivity index (χ1) is 6.49. The second-order valence-corrected chi connectivity index (χ2v) is 3.37. The zero-order chi connectivity index (χ0) is 11.1. The van der Waals surface area contributed by atoms with Gasteiger partial charge in [0.15, 0.2) is 0 Å². The summed E-state index contributed by atoms with van der Waals surface area (Å²) < 4.78 is 0. The molecular formula is C10H19NO3. The number of rotatable bonds is 6. The number of aliphatic hydroxyl groups excluding tert-OH is 2. The monoisotopic (exact) mass is 201 g/mol. The van der Waals surface area contributed by atoms with Crippen molar-refractivity contribution in [1.29, 1.82) is 0 Å². The number of hydrogen-bond acceptors (Lipinski definition) is 3. The van der Waals surface area contributed by atoms with E-state index in [-0.39, 0.29) is 5.91 Å². The fourth-order valence-corrected chi connectivity index (χ4v) is 0.949. The topological polar surface area (TPSA) is 69.6 Å². The molecule has 0 saturated heterocycles. The molecule has 4 nitrogen and oxygen atoms in total. The highest BCUT2D eigenvalue weighted by molar-refractivity contribution is 5.91. The van der Waals surface area contributed by atoms with Crippen LogP contribution in [0.15, 0.2) is 12.2 Å². The Morgan fingerprint density at radius 3 is 2.43 bits per heavy atom. The molecule has 0 aromatic carbocycles. The number of carbonyl (C=O) groups excluding carboxylic acids is 1. The SMILES string of the molecule is C=C(C)C(=O)NCCC(O)C(O)CC. The van der Waals surface area contributed by atoms with E-state index >= 15 is 0 Å². The third kappa shape index (κ3) is 4.99. The van der Waals surface area contributed by atoms with Crippen molar-refractivity contribution in [3.8, 4) is 0 Å². The van der Waals surface area contributed by atoms with Gasteiger partial charge >= 0.3 is 0 Å². The summed E-state index contributed by atoms with van der Waals surface area (Å²) >= 11 is 0. The van der Waals surface area contributed by atoms with Gasteiger partial charge in [-0.05, 0) is 19.8 Å². The van der Waals surface area contributed by atoms with Crippen LogP contribution in [0.5, 0.6) is 0 Å². The Balaban J connectivity index is 3.64. The summed E-state index contributed by atoms with van der Waals surface area (Å²) in [5.74, 6) is -0.219. The van der Waals surface area contributed by atoms with Crippen molar-refractivity contribution < 1.29 is 15.0 Å². The van der Waals surface area contributed by atoms with Crippen LogP contribution in [0.4, 0.5) is 0 Å². The standard InChI is InChI=1S/C10H19NO3/c1-4-8(12)9(13)5-6-11-10(14)7(2)3/h8-9,12-13H,2,4-6H2,1,3H3,(H,11,14). The van der Waals surface area contributed by atoms with Crippen LogP contribution in [0.3, 0.4) is 0 Å². The Morgan fingerprint density at radius 1 is 1.43 bits per heavy atom. The Morgan fingerprint density at radius 2 is 2.00 bits per heavy atom. The van der Waals surface area contributed by atoms with Crippen molar-refractivity contribution in [2.45, 2.75) is 38.9 Å². The fourth-order valence-electron chi connectivity index (χ4n) is 0.949. The highest BCUT2D eigenvalue weighted by atomic mass is 16.3. The summed E-state index contributed by atoms with van der Waals surface area (Å²) in [5.41, 5.74) is 0.440. The molecule has 4 heteroatoms. The van der Waals surface area contributed by atoms with Crippen LogP contribution in [0.1, 0.15) is 26.7 Å². The average molecular weight is 201 g/mol. The van der Waals surface area contributed by atoms with Crippen LogP contribution in [0.2, 0.25) is 0 Å². The third-order valence-electron chi connectivity index (χ3n) is 1.98. The summed E-state index contributed by atoms with van der Waals surface area (Å²) in [6.07, 6.45) is -0.619. The lowest BCUT2D eigenvalue weighted by Gasteiger charge is -2.16. The first kappa shape index (κ1) is 13.1. The van der Waals surface area contributed by atoms with Crippen molar-refractivity contribution in [3.05, 3.63) is 12.2 Å². The van der Waals surface area contributed by atoms with Crippen molar-refractivity contribution in [2.24, 2.45) is 0 Å². The van der Waals surface area contributed by atoms with E-state index in [1.54, 1.807) is 13.8 Å². The summed E-state index contributed by atoms with van der Waals surface area (Å²) in [6.45, 7) is 7.24. The zero-order valence-electron chi connectivity index (χ0n) is 8.79. The maximum atomic E-state index is 11.0. The minimum Gasteiger partial charge on any atom is -0.390 e. The van der Waals surface area contributed by atoms with Gasteiger partial charge in [-0.3, -0.25) is 4.79 Å². The van der Waals surface area contributed by atoms with Crippen LogP contribution < -0.4 is 5.32 Å². The molecule has 2 atom stereocenters. The fraction of sp³-hybridized carbons (Fsp3) is 0.700. The van der Waals surface area contributed by atoms with E-state index in [4.69, 9.17) is 0 Å². The third-order valence-corrected chi connectivity index (χ3v) is 1.98. The van der Waals surface area contributed by atoms with E-state index in [0.717, 1.165) is 0 Å². The summed E-state index contributed by atoms with van der Waals surface area (Å²) in [4.78, 5) is 11.0. The quantitative estimate of drug-likeness (QED) is 0.538. The van der Waals surface area contributed by atoms with Crippen LogP contribution >= 0.6 is 0 Å². The van der Waals surface area contributed by atoms with Gasteiger partial charge in [-0.15, -0.1) is 0 Å². The largest absolute Gasteiger partial charge is 0.390 e. The van der Waals surface area contributed by atoms with Gasteiger partial charge in [0, 0.05) is 12.1 Å². The molecule has 3 N–H and O–H groups in total. The Hall–Kier alpha value is -0.870. The van der Waals surface area contributed by atoms with Crippen molar-refractivity contribution in [2.75, 3.05) is 6.54 Å². The Kier molecular flexibility index (Phi) is 6.16. The van der Waals surface area contributed by atoms with Crippen molar-refractivity contribution in [3.63, 3.8) is 0 Å². The number of hydrogen-bond donors (Lipinski definition) is 3. The van der Waals surface area contributed by atoms with Gasteiger partial charge in [-0.2, -0.15) is 0 Å². The molecule has 0 aromatic heterocycles. The van der Waals surface area contributed by atoms with E-state index in [1.165, 1.54) is 0 Å². The van der Waals surface area contributed by atoms with E-state index in [1.807, 2.05) is 0 Å². The van der Waals surface area contributed by atoms with Crippen LogP contribution in [0, 0.1) is 0 Å². The molecule has 82 valence electrons. The molecule has 1 amide bonds. The summed E-state index contributed by atoms with van der Waals surface area (Å²) in [7, 11) is 0. The van der Waals surface area contributed by atoms with Crippen LogP contribution in [-0.4, -0.2) is 34.9 Å². The molecule has 0 bridgehead atoms. The lowest BCUT2D eigenvalue weighted by Crippen LogP contribution is -2.32. The number of carbonyl (C=O) groups is 1. The maximum absolute atomic E-state index is 11.0. The van der Waals surface area contributed by atoms with E-state index < -0.39 is 12.2 Å². The van der Waals surface area contributed by atoms with Crippen LogP contribution in [-0.2, 0) is 4.79 Å². The Labute approximate surface area is 84.6 Å². The van der Waals surface area contributed by atoms with Gasteiger partial charge in [0.1, 0.15) is 0 Å². The van der Waals surface area contributed by atoms with Gasteiger partial charge in [0.25, 0.3) is 0 Å². The van der Waals surface area contributed by atoms with Gasteiger partial charge < -0.3 is 15.5 Å². The van der Waals surface area contributed by atoms with Crippen molar-refractivity contribution >= 4 is 5.91 Å². The van der Waals surface area contributed by atoms with Gasteiger partial charge in [0.2, 0.25) is 5.91 Å². The first-order valence-electron chi connectivity index (χ1n) is 4.78. The lowest BCUT2D eigenvalue weighted by molar-refractivity contribution is -0.117. The number of aliphatic hydroxyl groups is 2. The van der Waals surface area contributed by atoms with E-state index in [0.29, 0.717) is 25.0 Å². The first-order valence-corrected chi connectivity index (χ1v) is 4.78. The van der Waals surface area contributed by atoms with E-state index in [2.05, 4.69) is 11.9 Å². The van der Waals surface area contributed by atoms with Gasteiger partial charge in [0.05, 0.1) is 12.2 Å². The molecule has 2 unspecified atom stereocenters. The smallest absolute Gasteiger partial charge is 0.246 e. The molecule has 0 rings (SSSR count). The predicted molar refractivity (Wildman–Crippen MR) is 54.7 cm³/mol. The minimum atomic E-state index is -0.773. The molecule has 0 spiro atoms. The molecule has 0 radical (unpaired) electrons. The summed E-state index contributed by atoms with van der Waals surface area (Å²) in [5, 5.41) is 21.1. The minimum absolute atomic E-state index is 0.219. The maximum Gasteiger partial charge on any atom is 0.246 e. The molecular weight excluding hydrogens is 182 g/mol. The van der Waals surface area contributed by atoms with Crippen LogP contribution in [0.25, 0.3) is 0 Å². The zero-order valence-corrected chi connectivity index (χ0v) is 8.79. The molecule has 0 aliphatic carbocycles. The van der Waals surface area contributed by atoms with Gasteiger partial charge in [-0.25, -0.2) is 0 Å². The normalized spacial score (nSPS) is 14.6. The molecule has 0 heterocycles.